The van der Waals surface area contributed by atoms with Crippen LogP contribution in [0.15, 0.2) is 78.2 Å². The first kappa shape index (κ1) is 22.5. The molecule has 4 N–H and O–H groups in total. The maximum absolute atomic E-state index is 12.8. The molecule has 0 saturated carbocycles. The quantitative estimate of drug-likeness (QED) is 0.340. The molecule has 34 heavy (non-hydrogen) atoms. The van der Waals surface area contributed by atoms with Crippen molar-refractivity contribution in [3.63, 3.8) is 0 Å². The van der Waals surface area contributed by atoms with E-state index in [-0.39, 0.29) is 11.8 Å². The van der Waals surface area contributed by atoms with Crippen molar-refractivity contribution in [3.05, 3.63) is 95.4 Å². The Morgan fingerprint density at radius 2 is 2.06 bits per heavy atom. The lowest BCUT2D eigenvalue weighted by Gasteiger charge is -2.10. The highest BCUT2D eigenvalue weighted by molar-refractivity contribution is 6.11. The molecule has 1 unspecified atom stereocenters. The summed E-state index contributed by atoms with van der Waals surface area (Å²) in [4.78, 5) is 24.9. The Balaban J connectivity index is 1.54. The average molecular weight is 449 g/mol. The number of nitrogens with zero attached hydrogens (tertiary/aromatic N) is 3. The van der Waals surface area contributed by atoms with Gasteiger partial charge in [-0.3, -0.25) is 9.79 Å². The third kappa shape index (κ3) is 4.87. The number of carbonyl (C=O) groups is 1. The molecular weight excluding hydrogens is 424 g/mol. The molecule has 4 aromatic rings. The fraction of sp³-hybridized carbons (Fsp3) is 0.111. The maximum atomic E-state index is 12.8. The molecule has 4 rings (SSSR count). The molecule has 0 bridgehead atoms. The molecule has 1 amide bonds. The number of aryl methyl sites for hydroxylation is 1. The van der Waals surface area contributed by atoms with E-state index in [9.17, 15) is 4.79 Å². The van der Waals surface area contributed by atoms with Crippen LogP contribution >= 0.6 is 0 Å². The first-order chi connectivity index (χ1) is 16.5. The van der Waals surface area contributed by atoms with Gasteiger partial charge in [-0.2, -0.15) is 5.26 Å². The molecule has 168 valence electrons. The van der Waals surface area contributed by atoms with Crippen molar-refractivity contribution in [2.75, 3.05) is 5.32 Å². The summed E-state index contributed by atoms with van der Waals surface area (Å²) in [5.41, 5.74) is 11.8. The number of hydrogen-bond donors (Lipinski definition) is 3. The number of carbonyl (C=O) groups excluding carboxylic acids is 1. The van der Waals surface area contributed by atoms with Crippen LogP contribution in [-0.4, -0.2) is 22.1 Å². The lowest BCUT2D eigenvalue weighted by atomic mass is 10.0. The average Bonchev–Trinajstić information content (AvgIpc) is 3.34. The summed E-state index contributed by atoms with van der Waals surface area (Å²) in [5.74, 6) is -0.537. The molecule has 0 fully saturated rings. The number of hydrogen-bond acceptors (Lipinski definition) is 5. The zero-order chi connectivity index (χ0) is 24.1. The van der Waals surface area contributed by atoms with Crippen LogP contribution in [0.2, 0.25) is 0 Å². The van der Waals surface area contributed by atoms with Crippen LogP contribution in [0.25, 0.3) is 16.6 Å². The van der Waals surface area contributed by atoms with Gasteiger partial charge in [0, 0.05) is 52.6 Å². The number of pyridine rings is 1. The summed E-state index contributed by atoms with van der Waals surface area (Å²) in [6.45, 7) is 3.75. The Morgan fingerprint density at radius 3 is 2.85 bits per heavy atom. The highest BCUT2D eigenvalue weighted by atomic mass is 16.1. The summed E-state index contributed by atoms with van der Waals surface area (Å²) in [7, 11) is 0. The third-order valence-corrected chi connectivity index (χ3v) is 5.57. The van der Waals surface area contributed by atoms with E-state index < -0.39 is 0 Å². The zero-order valence-corrected chi connectivity index (χ0v) is 18.9. The predicted octanol–water partition coefficient (Wildman–Crippen LogP) is 5.45. The standard InChI is InChI=1S/C27H24N6O/c1-17-6-7-24(33-27(34)21-5-3-4-19(10-21)18(2)13-28)12-25(17)31-16-23(14-29)22-11-20-8-9-30-26(20)32-15-22/h3-12,14-16,18H,29H2,1-2H3,(H,30,32)(H,33,34). The van der Waals surface area contributed by atoms with E-state index in [1.807, 2.05) is 49.5 Å². The number of nitrogens with one attached hydrogen (secondary N) is 2. The second kappa shape index (κ2) is 9.84. The van der Waals surface area contributed by atoms with Crippen LogP contribution in [0, 0.1) is 18.3 Å². The van der Waals surface area contributed by atoms with E-state index in [0.29, 0.717) is 16.9 Å². The summed E-state index contributed by atoms with van der Waals surface area (Å²) in [6.07, 6.45) is 6.77. The fourth-order valence-electron chi connectivity index (χ4n) is 3.50. The molecule has 0 aliphatic carbocycles. The summed E-state index contributed by atoms with van der Waals surface area (Å²) >= 11 is 0. The lowest BCUT2D eigenvalue weighted by molar-refractivity contribution is 0.102. The summed E-state index contributed by atoms with van der Waals surface area (Å²) in [6, 6.07) is 18.8. The van der Waals surface area contributed by atoms with E-state index in [2.05, 4.69) is 26.3 Å². The smallest absolute Gasteiger partial charge is 0.255 e. The topological polar surface area (TPSA) is 120 Å². The SMILES string of the molecule is Cc1ccc(NC(=O)c2cccc(C(C)C#N)c2)cc1N=CC(=CN)c1cnc2[nH]ccc2c1. The van der Waals surface area contributed by atoms with Crippen molar-refractivity contribution in [1.82, 2.24) is 9.97 Å². The Kier molecular flexibility index (Phi) is 6.51. The van der Waals surface area contributed by atoms with Gasteiger partial charge in [0.25, 0.3) is 5.91 Å². The molecule has 0 saturated heterocycles. The minimum absolute atomic E-state index is 0.251. The van der Waals surface area contributed by atoms with Gasteiger partial charge in [-0.15, -0.1) is 0 Å². The molecule has 2 aromatic carbocycles. The highest BCUT2D eigenvalue weighted by Gasteiger charge is 2.11. The molecule has 0 spiro atoms. The number of fused-ring (bicyclic) bond motifs is 1. The van der Waals surface area contributed by atoms with Crippen LogP contribution < -0.4 is 11.1 Å². The van der Waals surface area contributed by atoms with Gasteiger partial charge in [0.05, 0.1) is 17.7 Å². The first-order valence-electron chi connectivity index (χ1n) is 10.8. The van der Waals surface area contributed by atoms with Crippen LogP contribution in [-0.2, 0) is 0 Å². The van der Waals surface area contributed by atoms with Gasteiger partial charge in [0.15, 0.2) is 0 Å². The predicted molar refractivity (Wildman–Crippen MR) is 136 cm³/mol. The minimum atomic E-state index is -0.286. The van der Waals surface area contributed by atoms with E-state index in [1.54, 1.807) is 37.5 Å². The zero-order valence-electron chi connectivity index (χ0n) is 18.9. The largest absolute Gasteiger partial charge is 0.404 e. The van der Waals surface area contributed by atoms with Crippen molar-refractivity contribution in [2.24, 2.45) is 10.7 Å². The molecule has 7 heteroatoms. The van der Waals surface area contributed by atoms with Crippen molar-refractivity contribution in [2.45, 2.75) is 19.8 Å². The molecular formula is C27H24N6O. The minimum Gasteiger partial charge on any atom is -0.404 e. The number of rotatable bonds is 6. The first-order valence-corrected chi connectivity index (χ1v) is 10.8. The normalized spacial score (nSPS) is 12.6. The molecule has 0 aliphatic heterocycles. The number of amides is 1. The second-order valence-corrected chi connectivity index (χ2v) is 7.95. The van der Waals surface area contributed by atoms with Crippen molar-refractivity contribution < 1.29 is 4.79 Å². The maximum Gasteiger partial charge on any atom is 0.255 e. The number of aromatic amines is 1. The van der Waals surface area contributed by atoms with E-state index in [0.717, 1.165) is 33.3 Å². The van der Waals surface area contributed by atoms with E-state index in [1.165, 1.54) is 6.20 Å². The Hall–Kier alpha value is -4.70. The number of nitriles is 1. The van der Waals surface area contributed by atoms with Crippen molar-refractivity contribution in [1.29, 1.82) is 5.26 Å². The van der Waals surface area contributed by atoms with Gasteiger partial charge in [0.2, 0.25) is 0 Å². The van der Waals surface area contributed by atoms with Gasteiger partial charge in [0.1, 0.15) is 5.65 Å². The molecule has 1 atom stereocenters. The molecule has 2 heterocycles. The Labute approximate surface area is 197 Å². The van der Waals surface area contributed by atoms with Crippen LogP contribution in [0.3, 0.4) is 0 Å². The van der Waals surface area contributed by atoms with Crippen molar-refractivity contribution in [3.8, 4) is 6.07 Å². The number of aliphatic imine (C=N–C) groups is 1. The van der Waals surface area contributed by atoms with E-state index in [4.69, 9.17) is 11.0 Å². The van der Waals surface area contributed by atoms with Gasteiger partial charge in [-0.25, -0.2) is 4.98 Å². The number of anilines is 1. The summed E-state index contributed by atoms with van der Waals surface area (Å²) in [5, 5.41) is 13.0. The summed E-state index contributed by atoms with van der Waals surface area (Å²) < 4.78 is 0. The molecule has 7 nitrogen and oxygen atoms in total. The lowest BCUT2D eigenvalue weighted by Crippen LogP contribution is -2.12. The van der Waals surface area contributed by atoms with Gasteiger partial charge in [-0.1, -0.05) is 18.2 Å². The molecule has 0 radical (unpaired) electrons. The number of allylic oxidation sites excluding steroid dienone is 1. The Bertz CT molecular complexity index is 1460. The van der Waals surface area contributed by atoms with E-state index >= 15 is 0 Å². The monoisotopic (exact) mass is 448 g/mol. The van der Waals surface area contributed by atoms with Crippen LogP contribution in [0.5, 0.6) is 0 Å². The highest BCUT2D eigenvalue weighted by Crippen LogP contribution is 2.25. The van der Waals surface area contributed by atoms with Crippen molar-refractivity contribution >= 4 is 40.1 Å². The van der Waals surface area contributed by atoms with Crippen LogP contribution in [0.1, 0.15) is 39.9 Å². The molecule has 2 aromatic heterocycles. The number of aromatic nitrogens is 2. The van der Waals surface area contributed by atoms with Gasteiger partial charge in [-0.05, 0) is 61.4 Å². The molecule has 0 aliphatic rings. The number of benzene rings is 2. The fourth-order valence-corrected chi connectivity index (χ4v) is 3.50. The van der Waals surface area contributed by atoms with Gasteiger partial charge >= 0.3 is 0 Å². The number of H-pyrrole nitrogens is 1. The number of nitrogens with two attached hydrogens (primary N) is 1. The third-order valence-electron chi connectivity index (χ3n) is 5.57. The Morgan fingerprint density at radius 1 is 1.21 bits per heavy atom. The second-order valence-electron chi connectivity index (χ2n) is 7.95. The van der Waals surface area contributed by atoms with Crippen LogP contribution in [0.4, 0.5) is 11.4 Å². The van der Waals surface area contributed by atoms with Gasteiger partial charge < -0.3 is 16.0 Å².